The highest BCUT2D eigenvalue weighted by Crippen LogP contribution is 2.15. The highest BCUT2D eigenvalue weighted by atomic mass is 28.4. The summed E-state index contributed by atoms with van der Waals surface area (Å²) >= 11 is 0. The SMILES string of the molecule is C=C[Si](CCC)(O[SiH3])OCC. The standard InChI is InChI=1S/C7H18O2Si2/c1-4-7-11(6-3,9-10)8-5-2/h6H,3-5,7H2,1-2,10H3. The lowest BCUT2D eigenvalue weighted by molar-refractivity contribution is 0.268. The van der Waals surface area contributed by atoms with Gasteiger partial charge in [-0.2, -0.15) is 0 Å². The monoisotopic (exact) mass is 190 g/mol. The maximum Gasteiger partial charge on any atom is 0.353 e. The molecule has 0 aliphatic rings. The molecule has 0 spiro atoms. The highest BCUT2D eigenvalue weighted by molar-refractivity contribution is 6.74. The molecule has 0 amide bonds. The van der Waals surface area contributed by atoms with Crippen LogP contribution in [0, 0.1) is 0 Å². The van der Waals surface area contributed by atoms with Gasteiger partial charge in [-0.1, -0.05) is 19.0 Å². The molecular weight excluding hydrogens is 172 g/mol. The predicted molar refractivity (Wildman–Crippen MR) is 53.7 cm³/mol. The molecule has 0 bridgehead atoms. The van der Waals surface area contributed by atoms with E-state index in [-0.39, 0.29) is 0 Å². The summed E-state index contributed by atoms with van der Waals surface area (Å²) in [5, 5.41) is 0. The smallest absolute Gasteiger partial charge is 0.353 e. The van der Waals surface area contributed by atoms with E-state index in [1.165, 1.54) is 0 Å². The molecule has 0 N–H and O–H groups in total. The molecule has 1 atom stereocenters. The second-order valence-electron chi connectivity index (χ2n) is 2.40. The van der Waals surface area contributed by atoms with E-state index in [0.717, 1.165) is 29.6 Å². The molecule has 0 radical (unpaired) electrons. The topological polar surface area (TPSA) is 18.5 Å². The third-order valence-corrected chi connectivity index (χ3v) is 7.00. The van der Waals surface area contributed by atoms with Crippen molar-refractivity contribution < 1.29 is 8.54 Å². The van der Waals surface area contributed by atoms with Crippen molar-refractivity contribution in [2.45, 2.75) is 26.3 Å². The summed E-state index contributed by atoms with van der Waals surface area (Å²) < 4.78 is 11.1. The first kappa shape index (κ1) is 11.1. The summed E-state index contributed by atoms with van der Waals surface area (Å²) in [5.41, 5.74) is 1.90. The lowest BCUT2D eigenvalue weighted by Crippen LogP contribution is -2.39. The fraction of sp³-hybridized carbons (Fsp3) is 0.714. The minimum Gasteiger partial charge on any atom is -0.442 e. The lowest BCUT2D eigenvalue weighted by Gasteiger charge is -2.24. The van der Waals surface area contributed by atoms with Gasteiger partial charge in [0.05, 0.1) is 0 Å². The minimum absolute atomic E-state index is 0.737. The van der Waals surface area contributed by atoms with Gasteiger partial charge in [0.1, 0.15) is 10.5 Å². The Balaban J connectivity index is 4.07. The normalized spacial score (nSPS) is 16.2. The van der Waals surface area contributed by atoms with E-state index in [2.05, 4.69) is 13.5 Å². The highest BCUT2D eigenvalue weighted by Gasteiger charge is 2.30. The van der Waals surface area contributed by atoms with Crippen molar-refractivity contribution in [1.82, 2.24) is 0 Å². The zero-order chi connectivity index (χ0) is 8.74. The Morgan fingerprint density at radius 3 is 2.45 bits per heavy atom. The summed E-state index contributed by atoms with van der Waals surface area (Å²) in [4.78, 5) is 0. The van der Waals surface area contributed by atoms with Crippen LogP contribution in [0.4, 0.5) is 0 Å². The van der Waals surface area contributed by atoms with Gasteiger partial charge in [-0.25, -0.2) is 0 Å². The van der Waals surface area contributed by atoms with Gasteiger partial charge in [0.25, 0.3) is 0 Å². The average Bonchev–Trinajstić information content (AvgIpc) is 2.04. The van der Waals surface area contributed by atoms with Crippen LogP contribution >= 0.6 is 0 Å². The van der Waals surface area contributed by atoms with E-state index in [1.807, 2.05) is 12.6 Å². The Bertz CT molecular complexity index is 111. The Morgan fingerprint density at radius 2 is 2.18 bits per heavy atom. The molecular formula is C7H18O2Si2. The van der Waals surface area contributed by atoms with Crippen LogP contribution in [0.15, 0.2) is 12.3 Å². The van der Waals surface area contributed by atoms with Crippen LogP contribution in [0.3, 0.4) is 0 Å². The Kier molecular flexibility index (Phi) is 5.76. The van der Waals surface area contributed by atoms with Crippen LogP contribution in [0.2, 0.25) is 6.04 Å². The summed E-state index contributed by atoms with van der Waals surface area (Å²) in [7, 11) is -1.17. The molecule has 0 heterocycles. The van der Waals surface area contributed by atoms with Crippen molar-refractivity contribution >= 4 is 19.0 Å². The first-order chi connectivity index (χ1) is 5.24. The van der Waals surface area contributed by atoms with E-state index in [0.29, 0.717) is 0 Å². The van der Waals surface area contributed by atoms with E-state index in [4.69, 9.17) is 8.54 Å². The van der Waals surface area contributed by atoms with Gasteiger partial charge in [0.2, 0.25) is 0 Å². The van der Waals surface area contributed by atoms with Crippen LogP contribution in [-0.2, 0) is 8.54 Å². The van der Waals surface area contributed by atoms with E-state index in [9.17, 15) is 0 Å². The molecule has 0 saturated carbocycles. The summed E-state index contributed by atoms with van der Waals surface area (Å²) in [6.07, 6.45) is 1.11. The van der Waals surface area contributed by atoms with Gasteiger partial charge in [0.15, 0.2) is 0 Å². The molecule has 0 saturated heterocycles. The molecule has 1 unspecified atom stereocenters. The second-order valence-corrected chi connectivity index (χ2v) is 6.86. The zero-order valence-corrected chi connectivity index (χ0v) is 10.7. The second kappa shape index (κ2) is 5.71. The quantitative estimate of drug-likeness (QED) is 0.579. The number of hydrogen-bond acceptors (Lipinski definition) is 2. The van der Waals surface area contributed by atoms with Crippen molar-refractivity contribution in [2.75, 3.05) is 6.61 Å². The molecule has 0 aromatic carbocycles. The van der Waals surface area contributed by atoms with Crippen molar-refractivity contribution in [3.05, 3.63) is 12.3 Å². The van der Waals surface area contributed by atoms with Crippen molar-refractivity contribution in [2.24, 2.45) is 0 Å². The van der Waals surface area contributed by atoms with Crippen molar-refractivity contribution in [3.63, 3.8) is 0 Å². The van der Waals surface area contributed by atoms with E-state index in [1.54, 1.807) is 0 Å². The van der Waals surface area contributed by atoms with Crippen molar-refractivity contribution in [3.8, 4) is 0 Å². The summed E-state index contributed by atoms with van der Waals surface area (Å²) in [6.45, 7) is 8.66. The molecule has 0 fully saturated rings. The van der Waals surface area contributed by atoms with Crippen LogP contribution < -0.4 is 0 Å². The third-order valence-electron chi connectivity index (χ3n) is 1.64. The molecule has 11 heavy (non-hydrogen) atoms. The largest absolute Gasteiger partial charge is 0.442 e. The Labute approximate surface area is 73.4 Å². The minimum atomic E-state index is -1.92. The number of rotatable bonds is 6. The van der Waals surface area contributed by atoms with Crippen molar-refractivity contribution in [1.29, 1.82) is 0 Å². The third kappa shape index (κ3) is 3.33. The van der Waals surface area contributed by atoms with Crippen LogP contribution in [0.1, 0.15) is 20.3 Å². The van der Waals surface area contributed by atoms with Gasteiger partial charge < -0.3 is 8.54 Å². The van der Waals surface area contributed by atoms with Gasteiger partial charge in [-0.15, -0.1) is 6.58 Å². The molecule has 0 aliphatic heterocycles. The summed E-state index contributed by atoms with van der Waals surface area (Å²) in [5.74, 6) is 0. The molecule has 4 heteroatoms. The average molecular weight is 190 g/mol. The molecule has 2 nitrogen and oxygen atoms in total. The molecule has 66 valence electrons. The maximum absolute atomic E-state index is 5.60. The van der Waals surface area contributed by atoms with Crippen LogP contribution in [-0.4, -0.2) is 25.7 Å². The maximum atomic E-state index is 5.60. The summed E-state index contributed by atoms with van der Waals surface area (Å²) in [6, 6.07) is 1.04. The molecule has 0 rings (SSSR count). The molecule has 0 aliphatic carbocycles. The fourth-order valence-corrected chi connectivity index (χ4v) is 4.68. The zero-order valence-electron chi connectivity index (χ0n) is 7.72. The number of hydrogen-bond donors (Lipinski definition) is 0. The van der Waals surface area contributed by atoms with Gasteiger partial charge in [-0.3, -0.25) is 0 Å². The van der Waals surface area contributed by atoms with Crippen LogP contribution in [0.25, 0.3) is 0 Å². The van der Waals surface area contributed by atoms with E-state index >= 15 is 0 Å². The first-order valence-electron chi connectivity index (χ1n) is 4.07. The molecule has 0 aromatic rings. The predicted octanol–water partition coefficient (Wildman–Crippen LogP) is 0.897. The van der Waals surface area contributed by atoms with E-state index < -0.39 is 8.56 Å². The molecule has 0 aromatic heterocycles. The Hall–Kier alpha value is 0.0938. The van der Waals surface area contributed by atoms with Gasteiger partial charge in [0, 0.05) is 6.61 Å². The van der Waals surface area contributed by atoms with Crippen LogP contribution in [0.5, 0.6) is 0 Å². The first-order valence-corrected chi connectivity index (χ1v) is 6.99. The van der Waals surface area contributed by atoms with Gasteiger partial charge >= 0.3 is 8.56 Å². The Morgan fingerprint density at radius 1 is 1.55 bits per heavy atom. The lowest BCUT2D eigenvalue weighted by atomic mass is 10.6. The van der Waals surface area contributed by atoms with Gasteiger partial charge in [-0.05, 0) is 13.0 Å². The fourth-order valence-electron chi connectivity index (χ4n) is 1.07.